The average Bonchev–Trinajstić information content (AvgIpc) is 2.55. The molecule has 3 nitrogen and oxygen atoms in total. The van der Waals surface area contributed by atoms with Crippen molar-refractivity contribution in [1.82, 2.24) is 0 Å². The molecule has 0 aliphatic carbocycles. The molecule has 0 radical (unpaired) electrons. The molecule has 0 atom stereocenters. The third-order valence-corrected chi connectivity index (χ3v) is 2.01. The third-order valence-electron chi connectivity index (χ3n) is 1.33. The molecule has 0 aromatic carbocycles. The van der Waals surface area contributed by atoms with Gasteiger partial charge in [0.05, 0.1) is 24.1 Å². The first-order chi connectivity index (χ1) is 6.68. The number of hydrogen-bond acceptors (Lipinski definition) is 4. The van der Waals surface area contributed by atoms with E-state index in [-0.39, 0.29) is 5.97 Å². The fourth-order valence-corrected chi connectivity index (χ4v) is 1.30. The van der Waals surface area contributed by atoms with Crippen LogP contribution >= 0.6 is 12.0 Å². The number of carbonyl (C=O) groups excluding carboxylic acids is 1. The van der Waals surface area contributed by atoms with Gasteiger partial charge in [-0.05, 0) is 26.0 Å². The lowest BCUT2D eigenvalue weighted by atomic mass is 10.3. The molecule has 1 heterocycles. The van der Waals surface area contributed by atoms with Crippen molar-refractivity contribution in [2.45, 2.75) is 19.6 Å². The lowest BCUT2D eigenvalue weighted by Crippen LogP contribution is -1.94. The highest BCUT2D eigenvalue weighted by Crippen LogP contribution is 2.13. The minimum atomic E-state index is -0.332. The molecule has 1 rings (SSSR count). The second-order valence-corrected chi connectivity index (χ2v) is 3.66. The highest BCUT2D eigenvalue weighted by atomic mass is 32.2. The van der Waals surface area contributed by atoms with E-state index in [1.165, 1.54) is 6.08 Å². The summed E-state index contributed by atoms with van der Waals surface area (Å²) < 4.78 is 9.94. The van der Waals surface area contributed by atoms with Crippen LogP contribution in [0, 0.1) is 0 Å². The Morgan fingerprint density at radius 1 is 1.64 bits per heavy atom. The van der Waals surface area contributed by atoms with E-state index in [1.807, 2.05) is 19.9 Å². The van der Waals surface area contributed by atoms with Gasteiger partial charge < -0.3 is 8.60 Å². The van der Waals surface area contributed by atoms with Crippen molar-refractivity contribution >= 4 is 18.0 Å². The lowest BCUT2D eigenvalue weighted by molar-refractivity contribution is -0.127. The van der Waals surface area contributed by atoms with Gasteiger partial charge in [0.1, 0.15) is 5.76 Å². The highest BCUT2D eigenvalue weighted by Gasteiger charge is 2.01. The summed E-state index contributed by atoms with van der Waals surface area (Å²) in [4.78, 5) is 11.0. The van der Waals surface area contributed by atoms with Crippen LogP contribution in [-0.2, 0) is 14.7 Å². The predicted octanol–water partition coefficient (Wildman–Crippen LogP) is 2.94. The predicted molar refractivity (Wildman–Crippen MR) is 55.5 cm³/mol. The second kappa shape index (κ2) is 5.54. The zero-order valence-corrected chi connectivity index (χ0v) is 8.97. The van der Waals surface area contributed by atoms with E-state index in [1.54, 1.807) is 12.3 Å². The zero-order chi connectivity index (χ0) is 10.4. The minimum absolute atomic E-state index is 0.332. The smallest absolute Gasteiger partial charge is 0.342 e. The van der Waals surface area contributed by atoms with Gasteiger partial charge >= 0.3 is 5.97 Å². The number of carbonyl (C=O) groups is 1. The van der Waals surface area contributed by atoms with Crippen molar-refractivity contribution in [3.63, 3.8) is 0 Å². The van der Waals surface area contributed by atoms with Crippen molar-refractivity contribution in [3.8, 4) is 0 Å². The summed E-state index contributed by atoms with van der Waals surface area (Å²) in [6.45, 7) is 3.69. The van der Waals surface area contributed by atoms with Crippen LogP contribution in [0.1, 0.15) is 19.6 Å². The second-order valence-electron chi connectivity index (χ2n) is 2.97. The van der Waals surface area contributed by atoms with Gasteiger partial charge in [0, 0.05) is 6.08 Å². The molecule has 1 aromatic rings. The van der Waals surface area contributed by atoms with Crippen LogP contribution < -0.4 is 0 Å². The summed E-state index contributed by atoms with van der Waals surface area (Å²) >= 11 is 1.07. The van der Waals surface area contributed by atoms with Gasteiger partial charge in [-0.15, -0.1) is 0 Å². The Kier molecular flexibility index (Phi) is 4.32. The normalized spacial score (nSPS) is 9.57. The summed E-state index contributed by atoms with van der Waals surface area (Å²) in [6, 6.07) is 3.63. The van der Waals surface area contributed by atoms with Crippen LogP contribution in [0.3, 0.4) is 0 Å². The maximum absolute atomic E-state index is 11.0. The fraction of sp³-hybridized carbons (Fsp3) is 0.300. The molecule has 0 aliphatic heterocycles. The Hall–Kier alpha value is -1.16. The Morgan fingerprint density at radius 2 is 2.43 bits per heavy atom. The van der Waals surface area contributed by atoms with Gasteiger partial charge in [0.25, 0.3) is 0 Å². The van der Waals surface area contributed by atoms with Gasteiger partial charge in [-0.1, -0.05) is 5.57 Å². The summed E-state index contributed by atoms with van der Waals surface area (Å²) in [6.07, 6.45) is 3.04. The molecule has 0 aliphatic rings. The van der Waals surface area contributed by atoms with E-state index in [4.69, 9.17) is 8.60 Å². The molecule has 0 spiro atoms. The summed E-state index contributed by atoms with van der Waals surface area (Å²) in [7, 11) is 0. The van der Waals surface area contributed by atoms with Crippen molar-refractivity contribution < 1.29 is 13.4 Å². The van der Waals surface area contributed by atoms with Gasteiger partial charge in [-0.25, -0.2) is 4.79 Å². The molecule has 0 amide bonds. The number of furan rings is 1. The molecule has 1 aromatic heterocycles. The van der Waals surface area contributed by atoms with E-state index in [0.717, 1.165) is 23.4 Å². The fourth-order valence-electron chi connectivity index (χ4n) is 0.800. The number of rotatable bonds is 4. The lowest BCUT2D eigenvalue weighted by Gasteiger charge is -1.97. The van der Waals surface area contributed by atoms with Crippen molar-refractivity contribution in [3.05, 3.63) is 35.8 Å². The van der Waals surface area contributed by atoms with E-state index in [9.17, 15) is 4.79 Å². The van der Waals surface area contributed by atoms with Crippen LogP contribution in [0.5, 0.6) is 0 Å². The standard InChI is InChI=1S/C10H12O3S/c1-8(2)6-10(11)13-14-7-9-4-3-5-12-9/h3-6H,7H2,1-2H3. The maximum atomic E-state index is 11.0. The molecule has 14 heavy (non-hydrogen) atoms. The Labute approximate surface area is 87.3 Å². The minimum Gasteiger partial charge on any atom is -0.468 e. The average molecular weight is 212 g/mol. The molecular formula is C10H12O3S. The van der Waals surface area contributed by atoms with Crippen LogP contribution in [0.2, 0.25) is 0 Å². The SMILES string of the molecule is CC(C)=CC(=O)OSCc1ccco1. The van der Waals surface area contributed by atoms with Gasteiger partial charge in [0.15, 0.2) is 0 Å². The summed E-state index contributed by atoms with van der Waals surface area (Å²) in [5.74, 6) is 0.997. The Morgan fingerprint density at radius 3 is 3.00 bits per heavy atom. The van der Waals surface area contributed by atoms with E-state index < -0.39 is 0 Å². The molecule has 0 saturated carbocycles. The van der Waals surface area contributed by atoms with E-state index >= 15 is 0 Å². The molecule has 0 saturated heterocycles. The monoisotopic (exact) mass is 212 g/mol. The Balaban J connectivity index is 2.22. The molecular weight excluding hydrogens is 200 g/mol. The van der Waals surface area contributed by atoms with Crippen LogP contribution in [-0.4, -0.2) is 5.97 Å². The summed E-state index contributed by atoms with van der Waals surface area (Å²) in [5.41, 5.74) is 0.925. The number of hydrogen-bond donors (Lipinski definition) is 0. The van der Waals surface area contributed by atoms with E-state index in [0.29, 0.717) is 5.75 Å². The quantitative estimate of drug-likeness (QED) is 0.568. The first-order valence-electron chi connectivity index (χ1n) is 4.19. The van der Waals surface area contributed by atoms with Crippen LogP contribution in [0.25, 0.3) is 0 Å². The van der Waals surface area contributed by atoms with Crippen LogP contribution in [0.4, 0.5) is 0 Å². The van der Waals surface area contributed by atoms with Gasteiger partial charge in [-0.2, -0.15) is 0 Å². The van der Waals surface area contributed by atoms with Crippen molar-refractivity contribution in [2.75, 3.05) is 0 Å². The van der Waals surface area contributed by atoms with Gasteiger partial charge in [0.2, 0.25) is 0 Å². The zero-order valence-electron chi connectivity index (χ0n) is 8.15. The van der Waals surface area contributed by atoms with Crippen molar-refractivity contribution in [2.24, 2.45) is 0 Å². The van der Waals surface area contributed by atoms with Crippen molar-refractivity contribution in [1.29, 1.82) is 0 Å². The molecule has 0 bridgehead atoms. The first-order valence-corrected chi connectivity index (χ1v) is 5.10. The Bertz CT molecular complexity index is 310. The topological polar surface area (TPSA) is 39.4 Å². The molecule has 0 N–H and O–H groups in total. The largest absolute Gasteiger partial charge is 0.468 e. The summed E-state index contributed by atoms with van der Waals surface area (Å²) in [5, 5.41) is 0. The number of allylic oxidation sites excluding steroid dienone is 1. The van der Waals surface area contributed by atoms with Gasteiger partial charge in [-0.3, -0.25) is 0 Å². The molecule has 0 unspecified atom stereocenters. The molecule has 0 fully saturated rings. The highest BCUT2D eigenvalue weighted by molar-refractivity contribution is 7.94. The maximum Gasteiger partial charge on any atom is 0.342 e. The molecule has 4 heteroatoms. The first kappa shape index (κ1) is 10.9. The third kappa shape index (κ3) is 4.18. The van der Waals surface area contributed by atoms with E-state index in [2.05, 4.69) is 0 Å². The van der Waals surface area contributed by atoms with Crippen LogP contribution in [0.15, 0.2) is 34.5 Å². The molecule has 76 valence electrons.